The molecule has 0 saturated carbocycles. The third kappa shape index (κ3) is 3.85. The topological polar surface area (TPSA) is 89.3 Å². The first-order valence-electron chi connectivity index (χ1n) is 4.44. The van der Waals surface area contributed by atoms with Gasteiger partial charge in [0.05, 0.1) is 0 Å². The van der Waals surface area contributed by atoms with Gasteiger partial charge in [-0.1, -0.05) is 0 Å². The smallest absolute Gasteiger partial charge is 0.251 e. The molecule has 0 aliphatic rings. The average molecular weight is 327 g/mol. The molecule has 0 spiro atoms. The highest BCUT2D eigenvalue weighted by atomic mass is 79.9. The number of nitrogens with one attached hydrogen (secondary N) is 1. The van der Waals surface area contributed by atoms with E-state index in [1.807, 2.05) is 0 Å². The van der Waals surface area contributed by atoms with E-state index < -0.39 is 15.9 Å². The molecule has 90 valence electrons. The fraction of sp³-hybridized carbons (Fsp3) is 0.375. The van der Waals surface area contributed by atoms with E-state index in [4.69, 9.17) is 5.73 Å². The number of nitrogens with two attached hydrogens (primary N) is 1. The molecular formula is C8H11BrN2O3S2. The van der Waals surface area contributed by atoms with E-state index in [0.29, 0.717) is 10.9 Å². The molecule has 0 bridgehead atoms. The molecule has 0 aliphatic carbocycles. The Morgan fingerprint density at radius 3 is 2.75 bits per heavy atom. The van der Waals surface area contributed by atoms with Gasteiger partial charge in [-0.3, -0.25) is 4.79 Å². The van der Waals surface area contributed by atoms with Gasteiger partial charge in [-0.15, -0.1) is 11.3 Å². The van der Waals surface area contributed by atoms with Gasteiger partial charge in [0.15, 0.2) is 0 Å². The van der Waals surface area contributed by atoms with E-state index in [-0.39, 0.29) is 17.2 Å². The van der Waals surface area contributed by atoms with E-state index in [1.54, 1.807) is 11.4 Å². The number of sulfonamides is 1. The highest BCUT2D eigenvalue weighted by Gasteiger charge is 2.18. The minimum absolute atomic E-state index is 0.175. The number of halogens is 1. The molecule has 1 amide bonds. The van der Waals surface area contributed by atoms with E-state index >= 15 is 0 Å². The molecule has 0 fully saturated rings. The van der Waals surface area contributed by atoms with Crippen LogP contribution >= 0.6 is 27.3 Å². The van der Waals surface area contributed by atoms with Gasteiger partial charge >= 0.3 is 0 Å². The third-order valence-electron chi connectivity index (χ3n) is 1.72. The number of hydrogen-bond acceptors (Lipinski definition) is 4. The van der Waals surface area contributed by atoms with E-state index in [2.05, 4.69) is 20.7 Å². The number of primary amides is 1. The molecule has 0 aliphatic heterocycles. The van der Waals surface area contributed by atoms with Crippen molar-refractivity contribution in [1.82, 2.24) is 4.72 Å². The van der Waals surface area contributed by atoms with E-state index in [0.717, 1.165) is 11.3 Å². The van der Waals surface area contributed by atoms with E-state index in [1.165, 1.54) is 0 Å². The zero-order valence-electron chi connectivity index (χ0n) is 8.27. The second-order valence-electron chi connectivity index (χ2n) is 3.02. The lowest BCUT2D eigenvalue weighted by Crippen LogP contribution is -2.25. The van der Waals surface area contributed by atoms with Gasteiger partial charge in [-0.2, -0.15) is 0 Å². The number of thiophene rings is 1. The van der Waals surface area contributed by atoms with Crippen LogP contribution < -0.4 is 10.5 Å². The van der Waals surface area contributed by atoms with Crippen molar-refractivity contribution in [2.45, 2.75) is 17.1 Å². The van der Waals surface area contributed by atoms with Crippen molar-refractivity contribution in [2.24, 2.45) is 5.73 Å². The fourth-order valence-electron chi connectivity index (χ4n) is 1.01. The van der Waals surface area contributed by atoms with Gasteiger partial charge < -0.3 is 5.73 Å². The summed E-state index contributed by atoms with van der Waals surface area (Å²) in [6, 6.07) is 1.67. The molecule has 0 atom stereocenters. The van der Waals surface area contributed by atoms with Crippen molar-refractivity contribution < 1.29 is 13.2 Å². The monoisotopic (exact) mass is 326 g/mol. The molecule has 1 aromatic rings. The standard InChI is InChI=1S/C8H11BrN2O3S2/c9-6-3-5-15-8(6)16(13,14)11-4-1-2-7(10)12/h3,5,11H,1-2,4H2,(H2,10,12). The first-order chi connectivity index (χ1) is 7.43. The average Bonchev–Trinajstić information content (AvgIpc) is 2.59. The van der Waals surface area contributed by atoms with Gasteiger partial charge in [-0.25, -0.2) is 13.1 Å². The van der Waals surface area contributed by atoms with Crippen LogP contribution in [0.1, 0.15) is 12.8 Å². The van der Waals surface area contributed by atoms with Crippen LogP contribution in [0.4, 0.5) is 0 Å². The summed E-state index contributed by atoms with van der Waals surface area (Å²) >= 11 is 4.28. The maximum Gasteiger partial charge on any atom is 0.251 e. The van der Waals surface area contributed by atoms with Crippen molar-refractivity contribution >= 4 is 43.2 Å². The third-order valence-corrected chi connectivity index (χ3v) is 5.85. The van der Waals surface area contributed by atoms with Crippen LogP contribution in [0.2, 0.25) is 0 Å². The molecular weight excluding hydrogens is 316 g/mol. The van der Waals surface area contributed by atoms with Crippen LogP contribution in [-0.2, 0) is 14.8 Å². The predicted octanol–water partition coefficient (Wildman–Crippen LogP) is 1.05. The van der Waals surface area contributed by atoms with Crippen LogP contribution in [0.15, 0.2) is 20.1 Å². The van der Waals surface area contributed by atoms with Crippen LogP contribution in [-0.4, -0.2) is 20.9 Å². The highest BCUT2D eigenvalue weighted by molar-refractivity contribution is 9.10. The summed E-state index contributed by atoms with van der Waals surface area (Å²) in [6.07, 6.45) is 0.575. The minimum atomic E-state index is -3.48. The summed E-state index contributed by atoms with van der Waals surface area (Å²) < 4.78 is 26.6. The lowest BCUT2D eigenvalue weighted by Gasteiger charge is -2.04. The van der Waals surface area contributed by atoms with Crippen LogP contribution in [0.5, 0.6) is 0 Å². The zero-order chi connectivity index (χ0) is 12.2. The first kappa shape index (κ1) is 13.6. The number of carbonyl (C=O) groups excluding carboxylic acids is 1. The first-order valence-corrected chi connectivity index (χ1v) is 7.60. The van der Waals surface area contributed by atoms with Crippen molar-refractivity contribution in [3.63, 3.8) is 0 Å². The normalized spacial score (nSPS) is 11.6. The quantitative estimate of drug-likeness (QED) is 0.766. The maximum absolute atomic E-state index is 11.7. The Hall–Kier alpha value is -0.440. The van der Waals surface area contributed by atoms with Gasteiger partial charge in [0.2, 0.25) is 5.91 Å². The Kier molecular flexibility index (Phi) is 4.90. The van der Waals surface area contributed by atoms with Gasteiger partial charge in [0.25, 0.3) is 10.0 Å². The molecule has 3 N–H and O–H groups in total. The Morgan fingerprint density at radius 1 is 1.56 bits per heavy atom. The Balaban J connectivity index is 2.54. The van der Waals surface area contributed by atoms with Gasteiger partial charge in [0.1, 0.15) is 4.21 Å². The second-order valence-corrected chi connectivity index (χ2v) is 6.76. The minimum Gasteiger partial charge on any atom is -0.370 e. The largest absolute Gasteiger partial charge is 0.370 e. The van der Waals surface area contributed by atoms with Crippen LogP contribution in [0, 0.1) is 0 Å². The van der Waals surface area contributed by atoms with Crippen LogP contribution in [0.3, 0.4) is 0 Å². The molecule has 0 saturated heterocycles. The number of rotatable bonds is 6. The Bertz CT molecular complexity index is 469. The molecule has 0 radical (unpaired) electrons. The lowest BCUT2D eigenvalue weighted by molar-refractivity contribution is -0.118. The SMILES string of the molecule is NC(=O)CCCNS(=O)(=O)c1sccc1Br. The molecule has 1 heterocycles. The lowest BCUT2D eigenvalue weighted by atomic mass is 10.3. The highest BCUT2D eigenvalue weighted by Crippen LogP contribution is 2.27. The second kappa shape index (κ2) is 5.76. The number of carbonyl (C=O) groups is 1. The summed E-state index contributed by atoms with van der Waals surface area (Å²) in [5, 5.41) is 1.68. The van der Waals surface area contributed by atoms with E-state index in [9.17, 15) is 13.2 Å². The van der Waals surface area contributed by atoms with Crippen molar-refractivity contribution in [1.29, 1.82) is 0 Å². The molecule has 0 unspecified atom stereocenters. The summed E-state index contributed by atoms with van der Waals surface area (Å²) in [4.78, 5) is 10.4. The molecule has 8 heteroatoms. The zero-order valence-corrected chi connectivity index (χ0v) is 11.5. The molecule has 5 nitrogen and oxygen atoms in total. The predicted molar refractivity (Wildman–Crippen MR) is 65.6 cm³/mol. The fourth-order valence-corrected chi connectivity index (χ4v) is 4.46. The molecule has 0 aromatic carbocycles. The molecule has 16 heavy (non-hydrogen) atoms. The Labute approximate surface area is 106 Å². The number of hydrogen-bond donors (Lipinski definition) is 2. The molecule has 1 aromatic heterocycles. The van der Waals surface area contributed by atoms with Crippen molar-refractivity contribution in [3.8, 4) is 0 Å². The summed E-state index contributed by atoms with van der Waals surface area (Å²) in [5.74, 6) is -0.434. The van der Waals surface area contributed by atoms with Crippen molar-refractivity contribution in [3.05, 3.63) is 15.9 Å². The number of amides is 1. The summed E-state index contributed by atoms with van der Waals surface area (Å²) in [7, 11) is -3.48. The van der Waals surface area contributed by atoms with Crippen LogP contribution in [0.25, 0.3) is 0 Å². The Morgan fingerprint density at radius 2 is 2.25 bits per heavy atom. The van der Waals surface area contributed by atoms with Gasteiger partial charge in [0, 0.05) is 17.4 Å². The summed E-state index contributed by atoms with van der Waals surface area (Å²) in [5.41, 5.74) is 4.94. The summed E-state index contributed by atoms with van der Waals surface area (Å²) in [6.45, 7) is 0.204. The van der Waals surface area contributed by atoms with Gasteiger partial charge in [-0.05, 0) is 33.8 Å². The van der Waals surface area contributed by atoms with Crippen molar-refractivity contribution in [2.75, 3.05) is 6.54 Å². The maximum atomic E-state index is 11.7. The molecule has 1 rings (SSSR count).